The minimum absolute atomic E-state index is 0.170. The van der Waals surface area contributed by atoms with Crippen molar-refractivity contribution in [2.24, 2.45) is 0 Å². The van der Waals surface area contributed by atoms with Crippen molar-refractivity contribution >= 4 is 5.91 Å². The molecule has 0 radical (unpaired) electrons. The number of amides is 1. The van der Waals surface area contributed by atoms with Crippen LogP contribution in [0.5, 0.6) is 0 Å². The van der Waals surface area contributed by atoms with Gasteiger partial charge >= 0.3 is 0 Å². The SMILES string of the molecule is CNC(=O)C(NC(CCc1ccccc1F)c1ccc(F)c(C)c1)c1ccccc1. The Hall–Kier alpha value is -3.05. The van der Waals surface area contributed by atoms with E-state index in [0.29, 0.717) is 24.0 Å². The zero-order chi connectivity index (χ0) is 21.5. The summed E-state index contributed by atoms with van der Waals surface area (Å²) in [4.78, 5) is 12.6. The van der Waals surface area contributed by atoms with Gasteiger partial charge in [0.15, 0.2) is 0 Å². The summed E-state index contributed by atoms with van der Waals surface area (Å²) < 4.78 is 28.0. The van der Waals surface area contributed by atoms with Gasteiger partial charge in [-0.1, -0.05) is 60.7 Å². The largest absolute Gasteiger partial charge is 0.358 e. The molecule has 156 valence electrons. The molecule has 3 rings (SSSR count). The number of nitrogens with one attached hydrogen (secondary N) is 2. The van der Waals surface area contributed by atoms with Crippen LogP contribution in [0.1, 0.15) is 40.8 Å². The average molecular weight is 408 g/mol. The predicted octanol–water partition coefficient (Wildman–Crippen LogP) is 5.02. The molecule has 5 heteroatoms. The van der Waals surface area contributed by atoms with Crippen LogP contribution < -0.4 is 10.6 Å². The maximum Gasteiger partial charge on any atom is 0.241 e. The van der Waals surface area contributed by atoms with Gasteiger partial charge in [-0.25, -0.2) is 8.78 Å². The zero-order valence-corrected chi connectivity index (χ0v) is 17.2. The minimum atomic E-state index is -0.591. The summed E-state index contributed by atoms with van der Waals surface area (Å²) in [7, 11) is 1.59. The van der Waals surface area contributed by atoms with Crippen molar-refractivity contribution in [3.63, 3.8) is 0 Å². The maximum absolute atomic E-state index is 14.1. The van der Waals surface area contributed by atoms with E-state index in [9.17, 15) is 13.6 Å². The number of aryl methyl sites for hydroxylation is 2. The summed E-state index contributed by atoms with van der Waals surface area (Å²) in [6.07, 6.45) is 1.03. The predicted molar refractivity (Wildman–Crippen MR) is 115 cm³/mol. The highest BCUT2D eigenvalue weighted by molar-refractivity contribution is 5.83. The van der Waals surface area contributed by atoms with Crippen LogP contribution in [0.2, 0.25) is 0 Å². The second-order valence-corrected chi connectivity index (χ2v) is 7.32. The number of hydrogen-bond donors (Lipinski definition) is 2. The number of carbonyl (C=O) groups is 1. The number of halogens is 2. The number of likely N-dealkylation sites (N-methyl/N-ethyl adjacent to an activating group) is 1. The van der Waals surface area contributed by atoms with Gasteiger partial charge in [0, 0.05) is 13.1 Å². The number of rotatable bonds is 8. The van der Waals surface area contributed by atoms with E-state index in [4.69, 9.17) is 0 Å². The quantitative estimate of drug-likeness (QED) is 0.549. The molecule has 0 saturated carbocycles. The molecule has 2 unspecified atom stereocenters. The lowest BCUT2D eigenvalue weighted by Crippen LogP contribution is -2.38. The van der Waals surface area contributed by atoms with E-state index in [1.165, 1.54) is 12.1 Å². The van der Waals surface area contributed by atoms with Gasteiger partial charge in [0.05, 0.1) is 0 Å². The first-order chi connectivity index (χ1) is 14.5. The van der Waals surface area contributed by atoms with Crippen molar-refractivity contribution in [3.8, 4) is 0 Å². The van der Waals surface area contributed by atoms with Crippen molar-refractivity contribution in [2.75, 3.05) is 7.05 Å². The smallest absolute Gasteiger partial charge is 0.241 e. The van der Waals surface area contributed by atoms with E-state index < -0.39 is 6.04 Å². The van der Waals surface area contributed by atoms with E-state index in [1.807, 2.05) is 30.3 Å². The molecule has 3 aromatic carbocycles. The first-order valence-corrected chi connectivity index (χ1v) is 10.0. The van der Waals surface area contributed by atoms with E-state index >= 15 is 0 Å². The van der Waals surface area contributed by atoms with Gasteiger partial charge in [-0.15, -0.1) is 0 Å². The number of hydrogen-bond acceptors (Lipinski definition) is 2. The van der Waals surface area contributed by atoms with E-state index in [2.05, 4.69) is 10.6 Å². The lowest BCUT2D eigenvalue weighted by Gasteiger charge is -2.26. The molecule has 0 aliphatic carbocycles. The van der Waals surface area contributed by atoms with Gasteiger partial charge in [0.1, 0.15) is 17.7 Å². The third-order valence-corrected chi connectivity index (χ3v) is 5.25. The van der Waals surface area contributed by atoms with Gasteiger partial charge < -0.3 is 5.32 Å². The summed E-state index contributed by atoms with van der Waals surface area (Å²) in [6.45, 7) is 1.71. The van der Waals surface area contributed by atoms with Gasteiger partial charge in [-0.05, 0) is 54.2 Å². The Labute approximate surface area is 176 Å². The molecule has 0 heterocycles. The van der Waals surface area contributed by atoms with E-state index in [1.54, 1.807) is 44.3 Å². The number of carbonyl (C=O) groups excluding carboxylic acids is 1. The van der Waals surface area contributed by atoms with Crippen molar-refractivity contribution < 1.29 is 13.6 Å². The molecule has 3 aromatic rings. The van der Waals surface area contributed by atoms with Gasteiger partial charge in [0.2, 0.25) is 5.91 Å². The van der Waals surface area contributed by atoms with Crippen molar-refractivity contribution in [1.29, 1.82) is 0 Å². The monoisotopic (exact) mass is 408 g/mol. The van der Waals surface area contributed by atoms with Crippen molar-refractivity contribution in [3.05, 3.63) is 107 Å². The Bertz CT molecular complexity index is 991. The molecule has 0 aromatic heterocycles. The van der Waals surface area contributed by atoms with Crippen molar-refractivity contribution in [2.45, 2.75) is 31.8 Å². The second-order valence-electron chi connectivity index (χ2n) is 7.32. The topological polar surface area (TPSA) is 41.1 Å². The number of benzene rings is 3. The summed E-state index contributed by atoms with van der Waals surface area (Å²) in [5.74, 6) is -0.703. The van der Waals surface area contributed by atoms with Crippen LogP contribution in [-0.4, -0.2) is 13.0 Å². The standard InChI is InChI=1S/C25H26F2N2O/c1-17-16-20(12-14-21(17)26)23(15-13-18-8-6-7-11-22(18)27)29-24(25(30)28-2)19-9-4-3-5-10-19/h3-12,14,16,23-24,29H,13,15H2,1-2H3,(H,28,30). The van der Waals surface area contributed by atoms with E-state index in [0.717, 1.165) is 11.1 Å². The molecular weight excluding hydrogens is 382 g/mol. The first-order valence-electron chi connectivity index (χ1n) is 10.0. The highest BCUT2D eigenvalue weighted by Crippen LogP contribution is 2.26. The Morgan fingerprint density at radius 1 is 0.900 bits per heavy atom. The third-order valence-electron chi connectivity index (χ3n) is 5.25. The van der Waals surface area contributed by atoms with Crippen LogP contribution in [0.3, 0.4) is 0 Å². The molecular formula is C25H26F2N2O. The first kappa shape index (κ1) is 21.7. The lowest BCUT2D eigenvalue weighted by molar-refractivity contribution is -0.123. The highest BCUT2D eigenvalue weighted by Gasteiger charge is 2.24. The molecule has 2 atom stereocenters. The van der Waals surface area contributed by atoms with E-state index in [-0.39, 0.29) is 23.6 Å². The van der Waals surface area contributed by atoms with Gasteiger partial charge in [-0.2, -0.15) is 0 Å². The fourth-order valence-electron chi connectivity index (χ4n) is 3.55. The summed E-state index contributed by atoms with van der Waals surface area (Å²) >= 11 is 0. The third kappa shape index (κ3) is 5.30. The van der Waals surface area contributed by atoms with Crippen LogP contribution in [0.15, 0.2) is 72.8 Å². The van der Waals surface area contributed by atoms with Crippen LogP contribution in [-0.2, 0) is 11.2 Å². The summed E-state index contributed by atoms with van der Waals surface area (Å²) in [5.41, 5.74) is 2.82. The van der Waals surface area contributed by atoms with Crippen LogP contribution in [0.25, 0.3) is 0 Å². The summed E-state index contributed by atoms with van der Waals surface area (Å²) in [5, 5.41) is 6.12. The van der Waals surface area contributed by atoms with Crippen LogP contribution in [0, 0.1) is 18.6 Å². The Morgan fingerprint density at radius 3 is 2.27 bits per heavy atom. The van der Waals surface area contributed by atoms with Crippen molar-refractivity contribution in [1.82, 2.24) is 10.6 Å². The highest BCUT2D eigenvalue weighted by atomic mass is 19.1. The van der Waals surface area contributed by atoms with Gasteiger partial charge in [0.25, 0.3) is 0 Å². The second kappa shape index (κ2) is 10.1. The molecule has 1 amide bonds. The Balaban J connectivity index is 1.91. The molecule has 30 heavy (non-hydrogen) atoms. The molecule has 0 saturated heterocycles. The van der Waals surface area contributed by atoms with Crippen LogP contribution >= 0.6 is 0 Å². The lowest BCUT2D eigenvalue weighted by atomic mass is 9.95. The molecule has 0 bridgehead atoms. The van der Waals surface area contributed by atoms with Gasteiger partial charge in [-0.3, -0.25) is 10.1 Å². The molecule has 3 nitrogen and oxygen atoms in total. The zero-order valence-electron chi connectivity index (χ0n) is 17.2. The summed E-state index contributed by atoms with van der Waals surface area (Å²) in [6, 6.07) is 20.2. The molecule has 0 fully saturated rings. The maximum atomic E-state index is 14.1. The average Bonchev–Trinajstić information content (AvgIpc) is 2.77. The molecule has 0 aliphatic rings. The molecule has 0 aliphatic heterocycles. The fourth-order valence-corrected chi connectivity index (χ4v) is 3.55. The fraction of sp³-hybridized carbons (Fsp3) is 0.240. The minimum Gasteiger partial charge on any atom is -0.358 e. The molecule has 2 N–H and O–H groups in total. The Morgan fingerprint density at radius 2 is 1.60 bits per heavy atom. The Kier molecular flexibility index (Phi) is 7.31. The normalized spacial score (nSPS) is 12.9. The molecule has 0 spiro atoms. The van der Waals surface area contributed by atoms with Crippen LogP contribution in [0.4, 0.5) is 8.78 Å².